The average Bonchev–Trinajstić information content (AvgIpc) is 2.49. The topological polar surface area (TPSA) is 33.2 Å². The van der Waals surface area contributed by atoms with E-state index in [0.717, 1.165) is 13.0 Å². The summed E-state index contributed by atoms with van der Waals surface area (Å²) in [5.41, 5.74) is 1.95. The number of rotatable bonds is 5. The Kier molecular flexibility index (Phi) is 4.67. The smallest absolute Gasteiger partial charge is 0.253 e. The predicted molar refractivity (Wildman–Crippen MR) is 76.0 cm³/mol. The van der Waals surface area contributed by atoms with Crippen molar-refractivity contribution in [3.05, 3.63) is 66.0 Å². The Balaban J connectivity index is 1.99. The predicted octanol–water partition coefficient (Wildman–Crippen LogP) is 2.79. The molecule has 0 radical (unpaired) electrons. The summed E-state index contributed by atoms with van der Waals surface area (Å²) >= 11 is 0. The van der Waals surface area contributed by atoms with E-state index in [1.807, 2.05) is 30.0 Å². The molecule has 1 amide bonds. The number of likely N-dealkylation sites (N-methyl/N-ethyl adjacent to an activating group) is 1. The minimum absolute atomic E-state index is 0.0702. The highest BCUT2D eigenvalue weighted by Crippen LogP contribution is 2.06. The van der Waals surface area contributed by atoms with Crippen LogP contribution in [0.15, 0.2) is 54.9 Å². The summed E-state index contributed by atoms with van der Waals surface area (Å²) in [5.74, 6) is 0.0702. The van der Waals surface area contributed by atoms with Crippen LogP contribution in [0.5, 0.6) is 0 Å². The number of amides is 1. The van der Waals surface area contributed by atoms with E-state index < -0.39 is 0 Å². The lowest BCUT2D eigenvalue weighted by Crippen LogP contribution is -2.32. The van der Waals surface area contributed by atoms with Gasteiger partial charge in [-0.1, -0.05) is 30.3 Å². The maximum absolute atomic E-state index is 12.3. The molecule has 3 nitrogen and oxygen atoms in total. The molecule has 2 aromatic rings. The van der Waals surface area contributed by atoms with Gasteiger partial charge in [-0.2, -0.15) is 0 Å². The summed E-state index contributed by atoms with van der Waals surface area (Å²) in [4.78, 5) is 18.1. The molecule has 2 rings (SSSR count). The molecule has 0 aliphatic heterocycles. The van der Waals surface area contributed by atoms with E-state index in [2.05, 4.69) is 17.1 Å². The number of aromatic nitrogens is 1. The first-order valence-electron chi connectivity index (χ1n) is 6.54. The third kappa shape index (κ3) is 3.65. The number of hydrogen-bond donors (Lipinski definition) is 0. The number of nitrogens with zero attached hydrogens (tertiary/aromatic N) is 2. The van der Waals surface area contributed by atoms with Crippen molar-refractivity contribution in [1.82, 2.24) is 9.88 Å². The molecule has 0 atom stereocenters. The van der Waals surface area contributed by atoms with Gasteiger partial charge >= 0.3 is 0 Å². The second kappa shape index (κ2) is 6.69. The zero-order valence-corrected chi connectivity index (χ0v) is 11.1. The normalized spacial score (nSPS) is 10.2. The summed E-state index contributed by atoms with van der Waals surface area (Å²) in [6.45, 7) is 3.46. The molecule has 1 aromatic heterocycles. The van der Waals surface area contributed by atoms with E-state index in [-0.39, 0.29) is 5.91 Å². The Morgan fingerprint density at radius 1 is 1.11 bits per heavy atom. The molecule has 3 heteroatoms. The van der Waals surface area contributed by atoms with Crippen molar-refractivity contribution in [1.29, 1.82) is 0 Å². The van der Waals surface area contributed by atoms with Gasteiger partial charge in [0.1, 0.15) is 0 Å². The van der Waals surface area contributed by atoms with E-state index in [9.17, 15) is 4.79 Å². The van der Waals surface area contributed by atoms with Gasteiger partial charge in [-0.05, 0) is 31.0 Å². The van der Waals surface area contributed by atoms with Crippen LogP contribution < -0.4 is 0 Å². The van der Waals surface area contributed by atoms with Crippen LogP contribution in [0.1, 0.15) is 22.8 Å². The number of hydrogen-bond acceptors (Lipinski definition) is 2. The number of carbonyl (C=O) groups excluding carboxylic acids is 1. The van der Waals surface area contributed by atoms with Crippen molar-refractivity contribution in [2.45, 2.75) is 13.3 Å². The average molecular weight is 254 g/mol. The van der Waals surface area contributed by atoms with Gasteiger partial charge in [-0.25, -0.2) is 0 Å². The summed E-state index contributed by atoms with van der Waals surface area (Å²) < 4.78 is 0. The number of carbonyl (C=O) groups is 1. The van der Waals surface area contributed by atoms with Crippen LogP contribution in [0.2, 0.25) is 0 Å². The molecular formula is C16H18N2O. The van der Waals surface area contributed by atoms with Crippen molar-refractivity contribution in [2.75, 3.05) is 13.1 Å². The SMILES string of the molecule is CCN(CCc1ccccc1)C(=O)c1ccncc1. The van der Waals surface area contributed by atoms with Gasteiger partial charge in [-0.3, -0.25) is 9.78 Å². The van der Waals surface area contributed by atoms with Crippen LogP contribution in [0.4, 0.5) is 0 Å². The molecular weight excluding hydrogens is 236 g/mol. The highest BCUT2D eigenvalue weighted by Gasteiger charge is 2.13. The fraction of sp³-hybridized carbons (Fsp3) is 0.250. The maximum atomic E-state index is 12.3. The molecule has 19 heavy (non-hydrogen) atoms. The number of pyridine rings is 1. The van der Waals surface area contributed by atoms with Crippen molar-refractivity contribution >= 4 is 5.91 Å². The highest BCUT2D eigenvalue weighted by atomic mass is 16.2. The first kappa shape index (κ1) is 13.3. The van der Waals surface area contributed by atoms with Gasteiger partial charge < -0.3 is 4.90 Å². The molecule has 1 heterocycles. The third-order valence-corrected chi connectivity index (χ3v) is 3.11. The highest BCUT2D eigenvalue weighted by molar-refractivity contribution is 5.94. The summed E-state index contributed by atoms with van der Waals surface area (Å²) in [6.07, 6.45) is 4.18. The molecule has 0 bridgehead atoms. The fourth-order valence-electron chi connectivity index (χ4n) is 1.99. The van der Waals surface area contributed by atoms with Crippen molar-refractivity contribution in [2.24, 2.45) is 0 Å². The van der Waals surface area contributed by atoms with Gasteiger partial charge in [0.2, 0.25) is 0 Å². The van der Waals surface area contributed by atoms with E-state index in [4.69, 9.17) is 0 Å². The molecule has 0 N–H and O–H groups in total. The van der Waals surface area contributed by atoms with Gasteiger partial charge in [0.15, 0.2) is 0 Å². The fourth-order valence-corrected chi connectivity index (χ4v) is 1.99. The van der Waals surface area contributed by atoms with Crippen LogP contribution in [-0.2, 0) is 6.42 Å². The Hall–Kier alpha value is -2.16. The standard InChI is InChI=1S/C16H18N2O/c1-2-18(13-10-14-6-4-3-5-7-14)16(19)15-8-11-17-12-9-15/h3-9,11-12H,2,10,13H2,1H3. The lowest BCUT2D eigenvalue weighted by Gasteiger charge is -2.20. The molecule has 0 unspecified atom stereocenters. The minimum Gasteiger partial charge on any atom is -0.339 e. The Morgan fingerprint density at radius 3 is 2.42 bits per heavy atom. The lowest BCUT2D eigenvalue weighted by atomic mass is 10.1. The summed E-state index contributed by atoms with van der Waals surface area (Å²) in [6, 6.07) is 13.7. The second-order valence-corrected chi connectivity index (χ2v) is 4.36. The monoisotopic (exact) mass is 254 g/mol. The summed E-state index contributed by atoms with van der Waals surface area (Å²) in [5, 5.41) is 0. The first-order valence-corrected chi connectivity index (χ1v) is 6.54. The van der Waals surface area contributed by atoms with Crippen LogP contribution >= 0.6 is 0 Å². The van der Waals surface area contributed by atoms with Gasteiger partial charge in [0, 0.05) is 31.0 Å². The van der Waals surface area contributed by atoms with Crippen LogP contribution in [0.3, 0.4) is 0 Å². The van der Waals surface area contributed by atoms with Gasteiger partial charge in [0.25, 0.3) is 5.91 Å². The zero-order valence-electron chi connectivity index (χ0n) is 11.1. The molecule has 0 aliphatic carbocycles. The molecule has 0 fully saturated rings. The Labute approximate surface area is 113 Å². The third-order valence-electron chi connectivity index (χ3n) is 3.11. The van der Waals surface area contributed by atoms with Crippen molar-refractivity contribution < 1.29 is 4.79 Å². The lowest BCUT2D eigenvalue weighted by molar-refractivity contribution is 0.0766. The minimum atomic E-state index is 0.0702. The van der Waals surface area contributed by atoms with Gasteiger partial charge in [0.05, 0.1) is 0 Å². The molecule has 0 aliphatic rings. The summed E-state index contributed by atoms with van der Waals surface area (Å²) in [7, 11) is 0. The quantitative estimate of drug-likeness (QED) is 0.822. The first-order chi connectivity index (χ1) is 9.31. The van der Waals surface area contributed by atoms with E-state index in [1.54, 1.807) is 24.5 Å². The molecule has 0 saturated heterocycles. The van der Waals surface area contributed by atoms with E-state index in [1.165, 1.54) is 5.56 Å². The Morgan fingerprint density at radius 2 is 1.79 bits per heavy atom. The molecule has 1 aromatic carbocycles. The van der Waals surface area contributed by atoms with Crippen LogP contribution in [0.25, 0.3) is 0 Å². The molecule has 98 valence electrons. The largest absolute Gasteiger partial charge is 0.339 e. The maximum Gasteiger partial charge on any atom is 0.253 e. The van der Waals surface area contributed by atoms with Crippen molar-refractivity contribution in [3.8, 4) is 0 Å². The van der Waals surface area contributed by atoms with E-state index in [0.29, 0.717) is 12.1 Å². The van der Waals surface area contributed by atoms with Crippen LogP contribution in [-0.4, -0.2) is 28.9 Å². The molecule has 0 saturated carbocycles. The molecule has 0 spiro atoms. The van der Waals surface area contributed by atoms with Crippen LogP contribution in [0, 0.1) is 0 Å². The van der Waals surface area contributed by atoms with Gasteiger partial charge in [-0.15, -0.1) is 0 Å². The van der Waals surface area contributed by atoms with Crippen molar-refractivity contribution in [3.63, 3.8) is 0 Å². The van der Waals surface area contributed by atoms with E-state index >= 15 is 0 Å². The Bertz CT molecular complexity index is 511. The zero-order chi connectivity index (χ0) is 13.5. The second-order valence-electron chi connectivity index (χ2n) is 4.36. The number of benzene rings is 1.